The third-order valence-corrected chi connectivity index (χ3v) is 4.12. The Bertz CT molecular complexity index is 890. The highest BCUT2D eigenvalue weighted by Gasteiger charge is 2.44. The summed E-state index contributed by atoms with van der Waals surface area (Å²) >= 11 is 0. The molecule has 0 bridgehead atoms. The van der Waals surface area contributed by atoms with Crippen molar-refractivity contribution in [1.29, 1.82) is 0 Å². The van der Waals surface area contributed by atoms with Crippen LogP contribution in [0.25, 0.3) is 0 Å². The molecule has 3 rings (SSSR count). The Morgan fingerprint density at radius 2 is 1.92 bits per heavy atom. The van der Waals surface area contributed by atoms with E-state index in [1.807, 2.05) is 0 Å². The summed E-state index contributed by atoms with van der Waals surface area (Å²) in [7, 11) is 1.48. The number of ketones is 1. The van der Waals surface area contributed by atoms with Gasteiger partial charge in [0.1, 0.15) is 11.6 Å². The van der Waals surface area contributed by atoms with Gasteiger partial charge in [-0.05, 0) is 25.1 Å². The normalized spacial score (nSPS) is 17.2. The fourth-order valence-electron chi connectivity index (χ4n) is 2.98. The van der Waals surface area contributed by atoms with Gasteiger partial charge in [-0.15, -0.1) is 0 Å². The molecule has 128 valence electrons. The molecule has 1 heterocycles. The second-order valence-electron chi connectivity index (χ2n) is 5.62. The van der Waals surface area contributed by atoms with Gasteiger partial charge in [0, 0.05) is 17.3 Å². The van der Waals surface area contributed by atoms with Crippen molar-refractivity contribution in [2.75, 3.05) is 12.0 Å². The van der Waals surface area contributed by atoms with Crippen molar-refractivity contribution < 1.29 is 23.8 Å². The first-order valence-corrected chi connectivity index (χ1v) is 7.61. The van der Waals surface area contributed by atoms with Crippen LogP contribution in [0.15, 0.2) is 59.9 Å². The molecule has 0 aromatic heterocycles. The number of aliphatic hydroxyl groups is 1. The summed E-state index contributed by atoms with van der Waals surface area (Å²) in [5.41, 5.74) is 0.395. The number of ether oxygens (including phenoxy) is 1. The van der Waals surface area contributed by atoms with Crippen molar-refractivity contribution in [3.05, 3.63) is 71.2 Å². The number of anilines is 1. The average molecular weight is 341 g/mol. The van der Waals surface area contributed by atoms with Crippen LogP contribution in [-0.2, 0) is 9.59 Å². The summed E-state index contributed by atoms with van der Waals surface area (Å²) in [6, 6.07) is 11.4. The van der Waals surface area contributed by atoms with Gasteiger partial charge in [0.25, 0.3) is 5.91 Å². The lowest BCUT2D eigenvalue weighted by atomic mass is 9.96. The van der Waals surface area contributed by atoms with E-state index in [4.69, 9.17) is 4.74 Å². The quantitative estimate of drug-likeness (QED) is 0.926. The number of aliphatic hydroxyl groups excluding tert-OH is 1. The number of methoxy groups -OCH3 is 1. The molecule has 0 radical (unpaired) electrons. The lowest BCUT2D eigenvalue weighted by molar-refractivity contribution is -0.117. The second kappa shape index (κ2) is 6.39. The van der Waals surface area contributed by atoms with E-state index in [0.717, 1.165) is 0 Å². The molecule has 0 spiro atoms. The van der Waals surface area contributed by atoms with Crippen LogP contribution in [0.5, 0.6) is 5.75 Å². The molecule has 6 heteroatoms. The topological polar surface area (TPSA) is 66.8 Å². The molecule has 25 heavy (non-hydrogen) atoms. The van der Waals surface area contributed by atoms with Crippen molar-refractivity contribution in [3.63, 3.8) is 0 Å². The fraction of sp³-hybridized carbons (Fsp3) is 0.158. The largest absolute Gasteiger partial charge is 0.503 e. The number of hydrogen-bond acceptors (Lipinski definition) is 4. The molecule has 0 aliphatic carbocycles. The summed E-state index contributed by atoms with van der Waals surface area (Å²) in [5, 5.41) is 10.2. The number of amides is 1. The molecule has 1 atom stereocenters. The molecule has 2 aromatic carbocycles. The predicted molar refractivity (Wildman–Crippen MR) is 90.0 cm³/mol. The van der Waals surface area contributed by atoms with E-state index in [1.54, 1.807) is 30.3 Å². The summed E-state index contributed by atoms with van der Waals surface area (Å²) in [5.74, 6) is -1.99. The number of nitrogens with zero attached hydrogens (tertiary/aromatic N) is 1. The number of rotatable bonds is 4. The summed E-state index contributed by atoms with van der Waals surface area (Å²) in [4.78, 5) is 25.9. The van der Waals surface area contributed by atoms with Crippen LogP contribution in [0.2, 0.25) is 0 Å². The first-order valence-electron chi connectivity index (χ1n) is 7.61. The summed E-state index contributed by atoms with van der Waals surface area (Å²) < 4.78 is 19.5. The minimum atomic E-state index is -1.04. The maximum absolute atomic E-state index is 14.4. The molecular weight excluding hydrogens is 325 g/mol. The van der Waals surface area contributed by atoms with Gasteiger partial charge in [0.2, 0.25) is 0 Å². The van der Waals surface area contributed by atoms with Crippen molar-refractivity contribution in [2.45, 2.75) is 13.0 Å². The van der Waals surface area contributed by atoms with Gasteiger partial charge >= 0.3 is 0 Å². The van der Waals surface area contributed by atoms with Gasteiger partial charge < -0.3 is 9.84 Å². The highest BCUT2D eigenvalue weighted by molar-refractivity contribution is 6.16. The van der Waals surface area contributed by atoms with E-state index in [1.165, 1.54) is 37.1 Å². The van der Waals surface area contributed by atoms with Crippen LogP contribution in [0.1, 0.15) is 18.5 Å². The van der Waals surface area contributed by atoms with Crippen molar-refractivity contribution in [2.24, 2.45) is 0 Å². The molecule has 0 saturated heterocycles. The van der Waals surface area contributed by atoms with Gasteiger partial charge in [-0.25, -0.2) is 4.39 Å². The lowest BCUT2D eigenvalue weighted by Crippen LogP contribution is -2.31. The lowest BCUT2D eigenvalue weighted by Gasteiger charge is -2.27. The average Bonchev–Trinajstić information content (AvgIpc) is 2.87. The van der Waals surface area contributed by atoms with E-state index in [-0.39, 0.29) is 11.1 Å². The number of carbonyl (C=O) groups excluding carboxylic acids is 2. The van der Waals surface area contributed by atoms with E-state index in [2.05, 4.69) is 0 Å². The Morgan fingerprint density at radius 3 is 2.56 bits per heavy atom. The smallest absolute Gasteiger partial charge is 0.294 e. The third kappa shape index (κ3) is 2.76. The molecule has 5 nitrogen and oxygen atoms in total. The van der Waals surface area contributed by atoms with Crippen molar-refractivity contribution >= 4 is 17.4 Å². The second-order valence-corrected chi connectivity index (χ2v) is 5.62. The first kappa shape index (κ1) is 16.7. The molecular formula is C19H16FNO4. The Balaban J connectivity index is 2.21. The van der Waals surface area contributed by atoms with Crippen molar-refractivity contribution in [1.82, 2.24) is 0 Å². The van der Waals surface area contributed by atoms with E-state index in [9.17, 15) is 19.1 Å². The Kier molecular flexibility index (Phi) is 4.27. The van der Waals surface area contributed by atoms with Crippen LogP contribution < -0.4 is 9.64 Å². The zero-order valence-electron chi connectivity index (χ0n) is 13.7. The minimum absolute atomic E-state index is 0.127. The van der Waals surface area contributed by atoms with Crippen LogP contribution in [0, 0.1) is 5.82 Å². The van der Waals surface area contributed by atoms with Crippen LogP contribution in [-0.4, -0.2) is 23.9 Å². The number of hydrogen-bond donors (Lipinski definition) is 1. The highest BCUT2D eigenvalue weighted by Crippen LogP contribution is 2.42. The molecule has 0 fully saturated rings. The van der Waals surface area contributed by atoms with Crippen LogP contribution in [0.3, 0.4) is 0 Å². The molecule has 2 aromatic rings. The zero-order valence-corrected chi connectivity index (χ0v) is 13.7. The number of halogens is 1. The van der Waals surface area contributed by atoms with Gasteiger partial charge in [-0.3, -0.25) is 14.5 Å². The summed E-state index contributed by atoms with van der Waals surface area (Å²) in [6.45, 7) is 1.24. The zero-order chi connectivity index (χ0) is 18.1. The Morgan fingerprint density at radius 1 is 1.20 bits per heavy atom. The van der Waals surface area contributed by atoms with Crippen LogP contribution in [0.4, 0.5) is 10.1 Å². The molecule has 1 unspecified atom stereocenters. The SMILES string of the molecule is COc1cccc(N2C(=O)C(O)=C(C(C)=O)C2c2ccccc2F)c1. The number of Topliss-reactive ketones (excluding diaryl/α,β-unsaturated/α-hetero) is 1. The maximum Gasteiger partial charge on any atom is 0.294 e. The Hall–Kier alpha value is -3.15. The first-order chi connectivity index (χ1) is 12.0. The minimum Gasteiger partial charge on any atom is -0.503 e. The van der Waals surface area contributed by atoms with Gasteiger partial charge in [-0.1, -0.05) is 24.3 Å². The molecule has 0 saturated carbocycles. The molecule has 1 N–H and O–H groups in total. The summed E-state index contributed by atoms with van der Waals surface area (Å²) in [6.07, 6.45) is 0. The molecule has 1 aliphatic rings. The molecule has 1 amide bonds. The van der Waals surface area contributed by atoms with E-state index >= 15 is 0 Å². The maximum atomic E-state index is 14.4. The Labute approximate surface area is 144 Å². The monoisotopic (exact) mass is 341 g/mol. The van der Waals surface area contributed by atoms with Gasteiger partial charge in [-0.2, -0.15) is 0 Å². The number of carbonyl (C=O) groups is 2. The van der Waals surface area contributed by atoms with Crippen LogP contribution >= 0.6 is 0 Å². The van der Waals surface area contributed by atoms with E-state index < -0.39 is 29.3 Å². The third-order valence-electron chi connectivity index (χ3n) is 4.12. The van der Waals surface area contributed by atoms with Gasteiger partial charge in [0.15, 0.2) is 11.5 Å². The highest BCUT2D eigenvalue weighted by atomic mass is 19.1. The predicted octanol–water partition coefficient (Wildman–Crippen LogP) is 3.32. The molecule has 1 aliphatic heterocycles. The van der Waals surface area contributed by atoms with E-state index in [0.29, 0.717) is 11.4 Å². The standard InChI is InChI=1S/C19H16FNO4/c1-11(22)16-17(14-8-3-4-9-15(14)20)21(19(24)18(16)23)12-6-5-7-13(10-12)25-2/h3-10,17,23H,1-2H3. The fourth-order valence-corrected chi connectivity index (χ4v) is 2.98. The van der Waals surface area contributed by atoms with Gasteiger partial charge in [0.05, 0.1) is 18.7 Å². The number of benzene rings is 2. The van der Waals surface area contributed by atoms with Crippen molar-refractivity contribution in [3.8, 4) is 5.75 Å².